The number of nitrogens with zero attached hydrogens (tertiary/aromatic N) is 4. The van der Waals surface area contributed by atoms with E-state index < -0.39 is 5.92 Å². The Hall–Kier alpha value is -3.03. The smallest absolute Gasteiger partial charge is 0.233 e. The highest BCUT2D eigenvalue weighted by molar-refractivity contribution is 6.00. The van der Waals surface area contributed by atoms with Gasteiger partial charge in [0.05, 0.1) is 18.2 Å². The first kappa shape index (κ1) is 18.3. The Morgan fingerprint density at radius 3 is 2.64 bits per heavy atom. The third kappa shape index (κ3) is 3.81. The van der Waals surface area contributed by atoms with Crippen molar-refractivity contribution in [1.82, 2.24) is 15.1 Å². The van der Waals surface area contributed by atoms with E-state index in [4.69, 9.17) is 4.74 Å². The van der Waals surface area contributed by atoms with Crippen LogP contribution in [0, 0.1) is 18.7 Å². The number of aromatic nitrogens is 2. The summed E-state index contributed by atoms with van der Waals surface area (Å²) in [7, 11) is 0. The molecule has 0 N–H and O–H groups in total. The highest BCUT2D eigenvalue weighted by Gasteiger charge is 2.39. The predicted molar refractivity (Wildman–Crippen MR) is 99.2 cm³/mol. The van der Waals surface area contributed by atoms with Gasteiger partial charge >= 0.3 is 0 Å². The van der Waals surface area contributed by atoms with Crippen LogP contribution in [0.3, 0.4) is 0 Å². The maximum Gasteiger partial charge on any atom is 0.233 e. The molecule has 0 radical (unpaired) electrons. The number of anilines is 1. The van der Waals surface area contributed by atoms with E-state index in [1.807, 2.05) is 13.0 Å². The molecular formula is C20H21FN4O3. The number of hydrogen-bond acceptors (Lipinski definition) is 5. The number of carbonyl (C=O) groups is 2. The van der Waals surface area contributed by atoms with Crippen LogP contribution in [0.2, 0.25) is 0 Å². The highest BCUT2D eigenvalue weighted by Crippen LogP contribution is 2.28. The quantitative estimate of drug-likeness (QED) is 0.806. The topological polar surface area (TPSA) is 75.6 Å². The number of amides is 2. The van der Waals surface area contributed by atoms with E-state index in [1.165, 1.54) is 12.1 Å². The minimum Gasteiger partial charge on any atom is -0.471 e. The lowest BCUT2D eigenvalue weighted by atomic mass is 10.1. The van der Waals surface area contributed by atoms with E-state index in [0.29, 0.717) is 37.6 Å². The van der Waals surface area contributed by atoms with Gasteiger partial charge in [-0.15, -0.1) is 5.10 Å². The molecule has 0 unspecified atom stereocenters. The summed E-state index contributed by atoms with van der Waals surface area (Å²) in [5.41, 5.74) is 1.43. The predicted octanol–water partition coefficient (Wildman–Crippen LogP) is 1.96. The van der Waals surface area contributed by atoms with Gasteiger partial charge in [0.25, 0.3) is 0 Å². The van der Waals surface area contributed by atoms with Gasteiger partial charge in [0.15, 0.2) is 0 Å². The number of aryl methyl sites for hydroxylation is 1. The summed E-state index contributed by atoms with van der Waals surface area (Å²) in [6, 6.07) is 9.34. The van der Waals surface area contributed by atoms with Crippen LogP contribution in [0.5, 0.6) is 5.88 Å². The lowest BCUT2D eigenvalue weighted by Gasteiger charge is -2.21. The molecule has 0 spiro atoms. The lowest BCUT2D eigenvalue weighted by Crippen LogP contribution is -2.37. The molecule has 2 atom stereocenters. The second kappa shape index (κ2) is 7.53. The maximum absolute atomic E-state index is 13.1. The number of rotatable bonds is 4. The summed E-state index contributed by atoms with van der Waals surface area (Å²) >= 11 is 0. The van der Waals surface area contributed by atoms with Gasteiger partial charge in [-0.3, -0.25) is 9.59 Å². The molecule has 2 amide bonds. The van der Waals surface area contributed by atoms with Crippen LogP contribution >= 0.6 is 0 Å². The Balaban J connectivity index is 1.35. The zero-order chi connectivity index (χ0) is 19.7. The molecule has 1 aromatic heterocycles. The molecule has 0 bridgehead atoms. The van der Waals surface area contributed by atoms with Crippen molar-refractivity contribution in [2.45, 2.75) is 25.9 Å². The summed E-state index contributed by atoms with van der Waals surface area (Å²) in [5, 5.41) is 7.96. The average molecular weight is 384 g/mol. The molecule has 8 heteroatoms. The van der Waals surface area contributed by atoms with E-state index in [1.54, 1.807) is 28.0 Å². The zero-order valence-electron chi connectivity index (χ0n) is 15.5. The summed E-state index contributed by atoms with van der Waals surface area (Å²) in [4.78, 5) is 28.5. The lowest BCUT2D eigenvalue weighted by molar-refractivity contribution is -0.135. The molecule has 0 aliphatic carbocycles. The summed E-state index contributed by atoms with van der Waals surface area (Å²) in [5.74, 6) is -0.464. The second-order valence-corrected chi connectivity index (χ2v) is 7.21. The minimum atomic E-state index is -0.393. The summed E-state index contributed by atoms with van der Waals surface area (Å²) in [6.45, 7) is 3.22. The first-order valence-electron chi connectivity index (χ1n) is 9.31. The first-order valence-corrected chi connectivity index (χ1v) is 9.31. The summed E-state index contributed by atoms with van der Waals surface area (Å²) in [6.07, 6.45) is 0.747. The molecule has 2 fully saturated rings. The third-order valence-electron chi connectivity index (χ3n) is 5.13. The number of hydrogen-bond donors (Lipinski definition) is 0. The van der Waals surface area contributed by atoms with Crippen LogP contribution in [0.4, 0.5) is 10.1 Å². The van der Waals surface area contributed by atoms with Gasteiger partial charge in [0.1, 0.15) is 11.9 Å². The number of carbonyl (C=O) groups excluding carboxylic acids is 2. The van der Waals surface area contributed by atoms with Crippen LogP contribution in [0.25, 0.3) is 0 Å². The Kier molecular flexibility index (Phi) is 4.93. The van der Waals surface area contributed by atoms with Gasteiger partial charge in [-0.2, -0.15) is 5.10 Å². The number of ether oxygens (including phenoxy) is 1. The van der Waals surface area contributed by atoms with Gasteiger partial charge in [0.2, 0.25) is 17.7 Å². The van der Waals surface area contributed by atoms with E-state index in [2.05, 4.69) is 10.2 Å². The first-order chi connectivity index (χ1) is 13.5. The monoisotopic (exact) mass is 384 g/mol. The molecule has 2 aromatic rings. The standard InChI is InChI=1S/C20H21FN4O3/c1-13-2-7-18(23-22-13)28-17-8-9-24(12-17)20(27)14-10-19(26)25(11-14)16-5-3-15(21)4-6-16/h2-7,14,17H,8-12H2,1H3/t14-,17-/m0/s1. The van der Waals surface area contributed by atoms with Crippen molar-refractivity contribution in [2.24, 2.45) is 5.92 Å². The van der Waals surface area contributed by atoms with Crippen molar-refractivity contribution in [3.8, 4) is 5.88 Å². The SMILES string of the molecule is Cc1ccc(O[C@H]2CCN(C(=O)[C@H]3CC(=O)N(c4ccc(F)cc4)C3)C2)nn1. The van der Waals surface area contributed by atoms with E-state index in [9.17, 15) is 14.0 Å². The van der Waals surface area contributed by atoms with Gasteiger partial charge < -0.3 is 14.5 Å². The molecule has 7 nitrogen and oxygen atoms in total. The molecule has 0 saturated carbocycles. The van der Waals surface area contributed by atoms with Crippen molar-refractivity contribution in [3.05, 3.63) is 47.9 Å². The normalized spacial score (nSPS) is 22.0. The molecule has 28 heavy (non-hydrogen) atoms. The Morgan fingerprint density at radius 1 is 1.14 bits per heavy atom. The minimum absolute atomic E-state index is 0.0425. The van der Waals surface area contributed by atoms with Crippen LogP contribution in [0.15, 0.2) is 36.4 Å². The fourth-order valence-corrected chi connectivity index (χ4v) is 3.65. The fourth-order valence-electron chi connectivity index (χ4n) is 3.65. The molecule has 2 saturated heterocycles. The molecule has 146 valence electrons. The van der Waals surface area contributed by atoms with E-state index >= 15 is 0 Å². The molecular weight excluding hydrogens is 363 g/mol. The van der Waals surface area contributed by atoms with Gasteiger partial charge in [-0.1, -0.05) is 0 Å². The van der Waals surface area contributed by atoms with Crippen molar-refractivity contribution < 1.29 is 18.7 Å². The van der Waals surface area contributed by atoms with Gasteiger partial charge in [-0.05, 0) is 37.3 Å². The molecule has 1 aromatic carbocycles. The summed E-state index contributed by atoms with van der Waals surface area (Å²) < 4.78 is 18.9. The molecule has 2 aliphatic heterocycles. The molecule has 3 heterocycles. The fraction of sp³-hybridized carbons (Fsp3) is 0.400. The number of halogens is 1. The van der Waals surface area contributed by atoms with Crippen LogP contribution in [-0.2, 0) is 9.59 Å². The van der Waals surface area contributed by atoms with Crippen molar-refractivity contribution in [2.75, 3.05) is 24.5 Å². The number of benzene rings is 1. The maximum atomic E-state index is 13.1. The molecule has 4 rings (SSSR count). The van der Waals surface area contributed by atoms with Crippen molar-refractivity contribution in [1.29, 1.82) is 0 Å². The van der Waals surface area contributed by atoms with Crippen molar-refractivity contribution in [3.63, 3.8) is 0 Å². The highest BCUT2D eigenvalue weighted by atomic mass is 19.1. The van der Waals surface area contributed by atoms with E-state index in [0.717, 1.165) is 5.69 Å². The second-order valence-electron chi connectivity index (χ2n) is 7.21. The average Bonchev–Trinajstić information content (AvgIpc) is 3.31. The van der Waals surface area contributed by atoms with Crippen LogP contribution in [-0.4, -0.2) is 52.6 Å². The van der Waals surface area contributed by atoms with E-state index in [-0.39, 0.29) is 30.2 Å². The largest absolute Gasteiger partial charge is 0.471 e. The van der Waals surface area contributed by atoms with Gasteiger partial charge in [0, 0.05) is 37.7 Å². The molecule has 2 aliphatic rings. The van der Waals surface area contributed by atoms with Crippen LogP contribution in [0.1, 0.15) is 18.5 Å². The Morgan fingerprint density at radius 2 is 1.93 bits per heavy atom. The third-order valence-corrected chi connectivity index (χ3v) is 5.13. The zero-order valence-corrected chi connectivity index (χ0v) is 15.5. The van der Waals surface area contributed by atoms with Crippen molar-refractivity contribution >= 4 is 17.5 Å². The Labute approximate surface area is 162 Å². The van der Waals surface area contributed by atoms with Crippen LogP contribution < -0.4 is 9.64 Å². The van der Waals surface area contributed by atoms with Gasteiger partial charge in [-0.25, -0.2) is 4.39 Å². The Bertz CT molecular complexity index is 872. The number of likely N-dealkylation sites (tertiary alicyclic amines) is 1.